The number of hydrogen-bond acceptors (Lipinski definition) is 3. The van der Waals surface area contributed by atoms with E-state index in [0.29, 0.717) is 13.0 Å². The Bertz CT molecular complexity index is 428. The van der Waals surface area contributed by atoms with Crippen LogP contribution in [0.15, 0.2) is 0 Å². The molecule has 0 spiro atoms. The maximum atomic E-state index is 12.3. The SMILES string of the molecule is COCC(C)NC(=O)CNC(=O)CC12CC3CC(CC(C3)C1)C2. The van der Waals surface area contributed by atoms with Crippen LogP contribution < -0.4 is 10.6 Å². The first-order valence-corrected chi connectivity index (χ1v) is 9.03. The first-order chi connectivity index (χ1) is 11.0. The minimum Gasteiger partial charge on any atom is -0.383 e. The summed E-state index contributed by atoms with van der Waals surface area (Å²) in [6.45, 7) is 2.44. The third kappa shape index (κ3) is 4.06. The van der Waals surface area contributed by atoms with Crippen molar-refractivity contribution in [3.8, 4) is 0 Å². The van der Waals surface area contributed by atoms with Crippen LogP contribution in [0.3, 0.4) is 0 Å². The van der Waals surface area contributed by atoms with Gasteiger partial charge in [-0.05, 0) is 68.6 Å². The minimum absolute atomic E-state index is 0.0347. The molecule has 4 bridgehead atoms. The van der Waals surface area contributed by atoms with Gasteiger partial charge in [-0.3, -0.25) is 9.59 Å². The smallest absolute Gasteiger partial charge is 0.239 e. The maximum Gasteiger partial charge on any atom is 0.239 e. The van der Waals surface area contributed by atoms with E-state index in [1.54, 1.807) is 7.11 Å². The lowest BCUT2D eigenvalue weighted by atomic mass is 9.49. The molecule has 0 heterocycles. The summed E-state index contributed by atoms with van der Waals surface area (Å²) >= 11 is 0. The Hall–Kier alpha value is -1.10. The van der Waals surface area contributed by atoms with Crippen LogP contribution in [0.4, 0.5) is 0 Å². The molecule has 4 rings (SSSR count). The Balaban J connectivity index is 1.44. The molecule has 1 unspecified atom stereocenters. The standard InChI is InChI=1S/C18H30N2O3/c1-12(11-23-2)20-17(22)10-19-16(21)9-18-6-13-3-14(7-18)5-15(4-13)8-18/h12-15H,3-11H2,1-2H3,(H,19,21)(H,20,22). The van der Waals surface area contributed by atoms with E-state index in [1.807, 2.05) is 6.92 Å². The predicted molar refractivity (Wildman–Crippen MR) is 87.7 cm³/mol. The molecule has 5 nitrogen and oxygen atoms in total. The van der Waals surface area contributed by atoms with E-state index in [1.165, 1.54) is 38.5 Å². The highest BCUT2D eigenvalue weighted by atomic mass is 16.5. The van der Waals surface area contributed by atoms with Gasteiger partial charge < -0.3 is 15.4 Å². The van der Waals surface area contributed by atoms with Gasteiger partial charge in [0, 0.05) is 19.6 Å². The van der Waals surface area contributed by atoms with Crippen LogP contribution in [0.5, 0.6) is 0 Å². The van der Waals surface area contributed by atoms with Crippen LogP contribution in [-0.2, 0) is 14.3 Å². The van der Waals surface area contributed by atoms with Crippen molar-refractivity contribution in [3.63, 3.8) is 0 Å². The lowest BCUT2D eigenvalue weighted by Gasteiger charge is -2.56. The van der Waals surface area contributed by atoms with E-state index < -0.39 is 0 Å². The molecule has 1 atom stereocenters. The van der Waals surface area contributed by atoms with Gasteiger partial charge >= 0.3 is 0 Å². The normalized spacial score (nSPS) is 35.8. The molecule has 0 aliphatic heterocycles. The molecule has 0 radical (unpaired) electrons. The number of ether oxygens (including phenoxy) is 1. The highest BCUT2D eigenvalue weighted by Gasteiger charge is 2.51. The van der Waals surface area contributed by atoms with Gasteiger partial charge in [0.25, 0.3) is 0 Å². The van der Waals surface area contributed by atoms with Crippen molar-refractivity contribution < 1.29 is 14.3 Å². The third-order valence-electron chi connectivity index (χ3n) is 5.97. The topological polar surface area (TPSA) is 67.4 Å². The molecule has 4 aliphatic rings. The van der Waals surface area contributed by atoms with E-state index in [9.17, 15) is 9.59 Å². The molecule has 0 aromatic rings. The molecule has 2 N–H and O–H groups in total. The molecule has 4 aliphatic carbocycles. The van der Waals surface area contributed by atoms with Crippen LogP contribution in [0, 0.1) is 23.2 Å². The molecule has 5 heteroatoms. The fraction of sp³-hybridized carbons (Fsp3) is 0.889. The van der Waals surface area contributed by atoms with E-state index >= 15 is 0 Å². The average molecular weight is 322 g/mol. The van der Waals surface area contributed by atoms with Crippen molar-refractivity contribution in [2.75, 3.05) is 20.3 Å². The summed E-state index contributed by atoms with van der Waals surface area (Å²) in [5.41, 5.74) is 0.235. The van der Waals surface area contributed by atoms with Crippen LogP contribution in [0.25, 0.3) is 0 Å². The summed E-state index contributed by atoms with van der Waals surface area (Å²) in [6.07, 6.45) is 8.45. The number of carbonyl (C=O) groups is 2. The Labute approximate surface area is 138 Å². The Kier molecular flexibility index (Phi) is 4.95. The highest BCUT2D eigenvalue weighted by molar-refractivity contribution is 5.85. The van der Waals surface area contributed by atoms with E-state index in [-0.39, 0.29) is 29.8 Å². The van der Waals surface area contributed by atoms with Gasteiger partial charge in [-0.15, -0.1) is 0 Å². The van der Waals surface area contributed by atoms with Gasteiger partial charge in [-0.2, -0.15) is 0 Å². The molecular formula is C18H30N2O3. The highest BCUT2D eigenvalue weighted by Crippen LogP contribution is 2.61. The second-order valence-electron chi connectivity index (χ2n) is 8.29. The second kappa shape index (κ2) is 6.80. The lowest BCUT2D eigenvalue weighted by Crippen LogP contribution is -2.49. The van der Waals surface area contributed by atoms with Crippen molar-refractivity contribution >= 4 is 11.8 Å². The van der Waals surface area contributed by atoms with Crippen LogP contribution in [0.1, 0.15) is 51.9 Å². The van der Waals surface area contributed by atoms with Gasteiger partial charge in [0.1, 0.15) is 0 Å². The first kappa shape index (κ1) is 16.7. The number of amides is 2. The second-order valence-corrected chi connectivity index (χ2v) is 8.29. The molecule has 0 aromatic carbocycles. The summed E-state index contributed by atoms with van der Waals surface area (Å²) in [6, 6.07) is -0.0347. The van der Waals surface area contributed by atoms with Crippen LogP contribution in [0.2, 0.25) is 0 Å². The van der Waals surface area contributed by atoms with E-state index in [0.717, 1.165) is 17.8 Å². The zero-order valence-electron chi connectivity index (χ0n) is 14.4. The molecule has 2 amide bonds. The molecule has 23 heavy (non-hydrogen) atoms. The molecule has 4 saturated carbocycles. The number of carbonyl (C=O) groups excluding carboxylic acids is 2. The summed E-state index contributed by atoms with van der Waals surface area (Å²) in [7, 11) is 1.61. The fourth-order valence-electron chi connectivity index (χ4n) is 5.71. The van der Waals surface area contributed by atoms with Crippen molar-refractivity contribution in [2.24, 2.45) is 23.2 Å². The Morgan fingerprint density at radius 3 is 2.17 bits per heavy atom. The average Bonchev–Trinajstić information content (AvgIpc) is 2.43. The van der Waals surface area contributed by atoms with Crippen LogP contribution >= 0.6 is 0 Å². The first-order valence-electron chi connectivity index (χ1n) is 9.03. The monoisotopic (exact) mass is 322 g/mol. The quantitative estimate of drug-likeness (QED) is 0.752. The van der Waals surface area contributed by atoms with Crippen LogP contribution in [-0.4, -0.2) is 38.1 Å². The summed E-state index contributed by atoms with van der Waals surface area (Å²) in [5, 5.41) is 5.63. The van der Waals surface area contributed by atoms with Gasteiger partial charge in [0.05, 0.1) is 13.2 Å². The van der Waals surface area contributed by atoms with E-state index in [4.69, 9.17) is 4.74 Å². The maximum absolute atomic E-state index is 12.3. The summed E-state index contributed by atoms with van der Waals surface area (Å²) < 4.78 is 4.99. The van der Waals surface area contributed by atoms with E-state index in [2.05, 4.69) is 10.6 Å². The molecule has 130 valence electrons. The number of nitrogens with one attached hydrogen (secondary N) is 2. The Morgan fingerprint density at radius 2 is 1.65 bits per heavy atom. The van der Waals surface area contributed by atoms with Crippen molar-refractivity contribution in [2.45, 2.75) is 57.9 Å². The molecular weight excluding hydrogens is 292 g/mol. The van der Waals surface area contributed by atoms with Gasteiger partial charge in [0.2, 0.25) is 11.8 Å². The van der Waals surface area contributed by atoms with Gasteiger partial charge in [0.15, 0.2) is 0 Å². The van der Waals surface area contributed by atoms with Crippen molar-refractivity contribution in [1.29, 1.82) is 0 Å². The fourth-order valence-corrected chi connectivity index (χ4v) is 5.71. The van der Waals surface area contributed by atoms with Gasteiger partial charge in [-0.25, -0.2) is 0 Å². The van der Waals surface area contributed by atoms with Gasteiger partial charge in [-0.1, -0.05) is 0 Å². The molecule has 0 aromatic heterocycles. The number of hydrogen-bond donors (Lipinski definition) is 2. The number of rotatable bonds is 7. The minimum atomic E-state index is -0.145. The lowest BCUT2D eigenvalue weighted by molar-refractivity contribution is -0.132. The van der Waals surface area contributed by atoms with Crippen molar-refractivity contribution in [3.05, 3.63) is 0 Å². The predicted octanol–water partition coefficient (Wildman–Crippen LogP) is 1.86. The molecule has 0 saturated heterocycles. The summed E-state index contributed by atoms with van der Waals surface area (Å²) in [5.74, 6) is 2.46. The summed E-state index contributed by atoms with van der Waals surface area (Å²) in [4.78, 5) is 24.1. The Morgan fingerprint density at radius 1 is 1.09 bits per heavy atom. The zero-order valence-corrected chi connectivity index (χ0v) is 14.4. The third-order valence-corrected chi connectivity index (χ3v) is 5.97. The largest absolute Gasteiger partial charge is 0.383 e. The number of methoxy groups -OCH3 is 1. The zero-order chi connectivity index (χ0) is 16.4. The molecule has 4 fully saturated rings. The van der Waals surface area contributed by atoms with Crippen molar-refractivity contribution in [1.82, 2.24) is 10.6 Å².